The first-order valence-electron chi connectivity index (χ1n) is 8.50. The summed E-state index contributed by atoms with van der Waals surface area (Å²) in [5, 5.41) is -0.257. The van der Waals surface area contributed by atoms with Crippen molar-refractivity contribution in [3.8, 4) is 11.6 Å². The van der Waals surface area contributed by atoms with Gasteiger partial charge >= 0.3 is 11.0 Å². The molecule has 0 bridgehead atoms. The van der Waals surface area contributed by atoms with Gasteiger partial charge in [0, 0.05) is 12.6 Å². The van der Waals surface area contributed by atoms with Crippen molar-refractivity contribution in [2.45, 2.75) is 31.7 Å². The average molecular weight is 431 g/mol. The lowest BCUT2D eigenvalue weighted by Crippen LogP contribution is -2.24. The van der Waals surface area contributed by atoms with Crippen LogP contribution in [0.3, 0.4) is 0 Å². The van der Waals surface area contributed by atoms with E-state index in [4.69, 9.17) is 21.1 Å². The molecule has 3 aromatic rings. The van der Waals surface area contributed by atoms with Gasteiger partial charge in [0.1, 0.15) is 5.75 Å². The number of hydrogen-bond acceptors (Lipinski definition) is 5. The van der Waals surface area contributed by atoms with Gasteiger partial charge in [-0.2, -0.15) is 13.2 Å². The molecule has 0 spiro atoms. The number of alkyl halides is 3. The number of pyridine rings is 1. The molecule has 1 aliphatic rings. The maximum atomic E-state index is 12.8. The summed E-state index contributed by atoms with van der Waals surface area (Å²) in [4.78, 5) is 15.8. The van der Waals surface area contributed by atoms with Gasteiger partial charge in [-0.15, -0.1) is 0 Å². The number of benzene rings is 1. The summed E-state index contributed by atoms with van der Waals surface area (Å²) >= 11 is 6.93. The Hall–Kier alpha value is -2.10. The van der Waals surface area contributed by atoms with E-state index in [1.54, 1.807) is 18.2 Å². The van der Waals surface area contributed by atoms with Gasteiger partial charge in [0.15, 0.2) is 12.1 Å². The topological polar surface area (TPSA) is 53.4 Å². The van der Waals surface area contributed by atoms with Crippen LogP contribution in [0.15, 0.2) is 35.3 Å². The van der Waals surface area contributed by atoms with E-state index in [0.29, 0.717) is 28.8 Å². The fourth-order valence-electron chi connectivity index (χ4n) is 2.98. The first kappa shape index (κ1) is 19.2. The Bertz CT molecular complexity index is 1070. The first-order chi connectivity index (χ1) is 13.3. The molecule has 1 saturated heterocycles. The van der Waals surface area contributed by atoms with Gasteiger partial charge < -0.3 is 9.47 Å². The van der Waals surface area contributed by atoms with E-state index in [1.165, 1.54) is 4.57 Å². The van der Waals surface area contributed by atoms with Crippen LogP contribution < -0.4 is 9.61 Å². The number of halogens is 4. The van der Waals surface area contributed by atoms with Crippen molar-refractivity contribution < 1.29 is 22.6 Å². The molecule has 28 heavy (non-hydrogen) atoms. The zero-order chi connectivity index (χ0) is 19.9. The minimum Gasteiger partial charge on any atom is -0.465 e. The molecule has 0 radical (unpaired) electrons. The molecule has 0 amide bonds. The van der Waals surface area contributed by atoms with Gasteiger partial charge in [0.25, 0.3) is 0 Å². The molecule has 10 heteroatoms. The Morgan fingerprint density at radius 3 is 2.79 bits per heavy atom. The monoisotopic (exact) mass is 430 g/mol. The fourth-order valence-corrected chi connectivity index (χ4v) is 4.13. The third-order valence-corrected chi connectivity index (χ3v) is 5.50. The van der Waals surface area contributed by atoms with E-state index >= 15 is 0 Å². The first-order valence-corrected chi connectivity index (χ1v) is 9.69. The number of aromatic nitrogens is 2. The van der Waals surface area contributed by atoms with E-state index in [-0.39, 0.29) is 17.1 Å². The molecule has 0 aliphatic carbocycles. The summed E-state index contributed by atoms with van der Waals surface area (Å²) in [5.41, 5.74) is -0.488. The molecule has 0 saturated carbocycles. The van der Waals surface area contributed by atoms with Crippen LogP contribution in [0.4, 0.5) is 13.2 Å². The summed E-state index contributed by atoms with van der Waals surface area (Å²) in [6.45, 7) is 0.648. The smallest absolute Gasteiger partial charge is 0.417 e. The molecular formula is C18H14ClF3N2O3S. The Balaban J connectivity index is 1.70. The van der Waals surface area contributed by atoms with Crippen LogP contribution in [-0.2, 0) is 10.9 Å². The molecular weight excluding hydrogens is 417 g/mol. The van der Waals surface area contributed by atoms with Gasteiger partial charge in [-0.3, -0.25) is 4.79 Å². The van der Waals surface area contributed by atoms with Crippen LogP contribution in [0.25, 0.3) is 16.0 Å². The lowest BCUT2D eigenvalue weighted by Gasteiger charge is -2.23. The number of ether oxygens (including phenoxy) is 2. The SMILES string of the molecule is O=c1sc2cc(OC3CCCCO3)ccc2n1-c1ncc(C(F)(F)F)cc1Cl. The number of nitrogens with zero attached hydrogens (tertiary/aromatic N) is 2. The van der Waals surface area contributed by atoms with Crippen LogP contribution in [0.1, 0.15) is 24.8 Å². The van der Waals surface area contributed by atoms with Crippen molar-refractivity contribution >= 4 is 33.2 Å². The zero-order valence-corrected chi connectivity index (χ0v) is 15.9. The van der Waals surface area contributed by atoms with E-state index < -0.39 is 16.6 Å². The third kappa shape index (κ3) is 3.74. The molecule has 1 fully saturated rings. The standard InChI is InChI=1S/C18H14ClF3N2O3S/c19-12-7-10(18(20,21)22)9-23-16(12)24-13-5-4-11(8-14(13)28-17(24)25)27-15-3-1-2-6-26-15/h4-5,7-9,15H,1-3,6H2. The summed E-state index contributed by atoms with van der Waals surface area (Å²) in [7, 11) is 0. The average Bonchev–Trinajstić information content (AvgIpc) is 2.97. The molecule has 3 heterocycles. The highest BCUT2D eigenvalue weighted by molar-refractivity contribution is 7.16. The van der Waals surface area contributed by atoms with E-state index in [9.17, 15) is 18.0 Å². The predicted molar refractivity (Wildman–Crippen MR) is 99.4 cm³/mol. The molecule has 1 unspecified atom stereocenters. The Labute approximate surface area is 166 Å². The molecule has 1 aromatic carbocycles. The summed E-state index contributed by atoms with van der Waals surface area (Å²) in [6.07, 6.45) is -1.41. The van der Waals surface area contributed by atoms with Gasteiger partial charge in [-0.1, -0.05) is 22.9 Å². The molecule has 2 aromatic heterocycles. The summed E-state index contributed by atoms with van der Waals surface area (Å²) in [5.74, 6) is 0.509. The fraction of sp³-hybridized carbons (Fsp3) is 0.333. The number of rotatable bonds is 3. The number of hydrogen-bond donors (Lipinski definition) is 0. The van der Waals surface area contributed by atoms with Crippen molar-refractivity contribution in [3.63, 3.8) is 0 Å². The molecule has 1 atom stereocenters. The van der Waals surface area contributed by atoms with Crippen molar-refractivity contribution in [3.05, 3.63) is 50.7 Å². The van der Waals surface area contributed by atoms with Crippen LogP contribution >= 0.6 is 22.9 Å². The second kappa shape index (κ2) is 7.38. The Morgan fingerprint density at radius 1 is 1.29 bits per heavy atom. The second-order valence-electron chi connectivity index (χ2n) is 6.27. The van der Waals surface area contributed by atoms with E-state index in [0.717, 1.165) is 36.7 Å². The van der Waals surface area contributed by atoms with Crippen molar-refractivity contribution in [2.24, 2.45) is 0 Å². The molecule has 1 aliphatic heterocycles. The van der Waals surface area contributed by atoms with Crippen LogP contribution in [0, 0.1) is 0 Å². The molecule has 5 nitrogen and oxygen atoms in total. The second-order valence-corrected chi connectivity index (χ2v) is 7.67. The van der Waals surface area contributed by atoms with Gasteiger partial charge in [-0.25, -0.2) is 9.55 Å². The van der Waals surface area contributed by atoms with Crippen molar-refractivity contribution in [2.75, 3.05) is 6.61 Å². The summed E-state index contributed by atoms with van der Waals surface area (Å²) < 4.78 is 51.6. The molecule has 0 N–H and O–H groups in total. The largest absolute Gasteiger partial charge is 0.465 e. The van der Waals surface area contributed by atoms with Gasteiger partial charge in [0.2, 0.25) is 0 Å². The highest BCUT2D eigenvalue weighted by Gasteiger charge is 2.32. The van der Waals surface area contributed by atoms with Gasteiger partial charge in [0.05, 0.1) is 27.4 Å². The predicted octanol–water partition coefficient (Wildman–Crippen LogP) is 5.02. The Kier molecular flexibility index (Phi) is 5.07. The highest BCUT2D eigenvalue weighted by Crippen LogP contribution is 2.33. The van der Waals surface area contributed by atoms with E-state index in [1.807, 2.05) is 0 Å². The number of thiazole rings is 1. The normalized spacial score (nSPS) is 17.8. The maximum absolute atomic E-state index is 12.8. The minimum absolute atomic E-state index is 0.0461. The molecule has 4 rings (SSSR count). The zero-order valence-electron chi connectivity index (χ0n) is 14.3. The quantitative estimate of drug-likeness (QED) is 0.585. The van der Waals surface area contributed by atoms with Gasteiger partial charge in [-0.05, 0) is 37.1 Å². The lowest BCUT2D eigenvalue weighted by atomic mass is 10.2. The minimum atomic E-state index is -4.57. The third-order valence-electron chi connectivity index (χ3n) is 4.32. The lowest BCUT2D eigenvalue weighted by molar-refractivity contribution is -0.137. The van der Waals surface area contributed by atoms with Crippen LogP contribution in [0.5, 0.6) is 5.75 Å². The van der Waals surface area contributed by atoms with Crippen molar-refractivity contribution in [1.82, 2.24) is 9.55 Å². The summed E-state index contributed by atoms with van der Waals surface area (Å²) in [6, 6.07) is 5.80. The van der Waals surface area contributed by atoms with E-state index in [2.05, 4.69) is 4.98 Å². The number of fused-ring (bicyclic) bond motifs is 1. The highest BCUT2D eigenvalue weighted by atomic mass is 35.5. The molecule has 148 valence electrons. The van der Waals surface area contributed by atoms with Crippen molar-refractivity contribution in [1.29, 1.82) is 0 Å². The van der Waals surface area contributed by atoms with Crippen LogP contribution in [-0.4, -0.2) is 22.4 Å². The maximum Gasteiger partial charge on any atom is 0.417 e. The Morgan fingerprint density at radius 2 is 2.11 bits per heavy atom. The van der Waals surface area contributed by atoms with Crippen LogP contribution in [0.2, 0.25) is 5.02 Å².